The minimum absolute atomic E-state index is 0.0520. The van der Waals surface area contributed by atoms with Crippen LogP contribution in [0.4, 0.5) is 0 Å². The summed E-state index contributed by atoms with van der Waals surface area (Å²) >= 11 is 0. The molecule has 0 aliphatic carbocycles. The number of phenolic OH excluding ortho intramolecular Hbond substituents is 1. The molecule has 2 aliphatic rings. The Kier molecular flexibility index (Phi) is 4.73. The fraction of sp³-hybridized carbons (Fsp3) is 0.320. The highest BCUT2D eigenvalue weighted by Gasteiger charge is 2.33. The Bertz CT molecular complexity index is 1040. The molecule has 0 spiro atoms. The normalized spacial score (nSPS) is 18.9. The first kappa shape index (κ1) is 19.3. The summed E-state index contributed by atoms with van der Waals surface area (Å²) in [5, 5.41) is 10.2. The molecule has 2 aromatic carbocycles. The van der Waals surface area contributed by atoms with E-state index in [0.717, 1.165) is 22.4 Å². The second-order valence-corrected chi connectivity index (χ2v) is 8.50. The van der Waals surface area contributed by atoms with Crippen LogP contribution in [-0.2, 0) is 6.42 Å². The second-order valence-electron chi connectivity index (χ2n) is 8.50. The summed E-state index contributed by atoms with van der Waals surface area (Å²) < 4.78 is 12.4. The number of benzene rings is 2. The highest BCUT2D eigenvalue weighted by atomic mass is 16.5. The van der Waals surface area contributed by atoms with Gasteiger partial charge in [-0.2, -0.15) is 0 Å². The van der Waals surface area contributed by atoms with E-state index < -0.39 is 11.7 Å². The second kappa shape index (κ2) is 7.11. The number of hydrogen-bond donors (Lipinski definition) is 1. The molecule has 1 atom stereocenters. The Labute approximate surface area is 171 Å². The third-order valence-corrected chi connectivity index (χ3v) is 5.32. The molecule has 150 valence electrons. The summed E-state index contributed by atoms with van der Waals surface area (Å²) in [4.78, 5) is 12.8. The van der Waals surface area contributed by atoms with Gasteiger partial charge in [0.1, 0.15) is 29.0 Å². The number of Topliss-reactive ketones (excluding diaryl/α,β-unsaturated/α-hetero) is 1. The maximum Gasteiger partial charge on any atom is 0.170 e. The lowest BCUT2D eigenvalue weighted by Crippen LogP contribution is -2.28. The van der Waals surface area contributed by atoms with Crippen LogP contribution in [-0.4, -0.2) is 16.5 Å². The maximum atomic E-state index is 12.8. The number of aromatic hydroxyl groups is 1. The van der Waals surface area contributed by atoms with Gasteiger partial charge in [-0.3, -0.25) is 4.79 Å². The highest BCUT2D eigenvalue weighted by molar-refractivity contribution is 6.01. The monoisotopic (exact) mass is 390 g/mol. The van der Waals surface area contributed by atoms with E-state index in [4.69, 9.17) is 9.47 Å². The van der Waals surface area contributed by atoms with E-state index in [9.17, 15) is 9.90 Å². The van der Waals surface area contributed by atoms with Crippen molar-refractivity contribution < 1.29 is 19.4 Å². The van der Waals surface area contributed by atoms with Gasteiger partial charge < -0.3 is 14.6 Å². The van der Waals surface area contributed by atoms with Crippen LogP contribution in [0, 0.1) is 0 Å². The quantitative estimate of drug-likeness (QED) is 0.674. The molecule has 0 fully saturated rings. The Morgan fingerprint density at radius 3 is 2.79 bits per heavy atom. The van der Waals surface area contributed by atoms with E-state index in [-0.39, 0.29) is 18.0 Å². The molecule has 4 rings (SSSR count). The molecule has 4 heteroatoms. The SMILES string of the molecule is CC(C)=CCc1cc([C@@H]2CC(=O)c3ccc4c(c3O2)C=CC(C)(C)O4)ccc1O. The molecular weight excluding hydrogens is 364 g/mol. The van der Waals surface area contributed by atoms with Crippen molar-refractivity contribution in [3.8, 4) is 17.2 Å². The van der Waals surface area contributed by atoms with Gasteiger partial charge in [0.05, 0.1) is 17.5 Å². The molecule has 0 radical (unpaired) electrons. The summed E-state index contributed by atoms with van der Waals surface area (Å²) in [6.07, 6.45) is 6.54. The molecule has 2 aromatic rings. The van der Waals surface area contributed by atoms with Gasteiger partial charge in [-0.25, -0.2) is 0 Å². The topological polar surface area (TPSA) is 55.8 Å². The van der Waals surface area contributed by atoms with Gasteiger partial charge in [-0.1, -0.05) is 17.7 Å². The fourth-order valence-electron chi connectivity index (χ4n) is 3.71. The Hall–Kier alpha value is -3.01. The number of fused-ring (bicyclic) bond motifs is 3. The van der Waals surface area contributed by atoms with Gasteiger partial charge in [-0.05, 0) is 81.7 Å². The van der Waals surface area contributed by atoms with E-state index in [1.807, 2.05) is 58.0 Å². The largest absolute Gasteiger partial charge is 0.508 e. The first-order valence-electron chi connectivity index (χ1n) is 9.94. The van der Waals surface area contributed by atoms with Crippen molar-refractivity contribution in [1.29, 1.82) is 0 Å². The number of phenols is 1. The summed E-state index contributed by atoms with van der Waals surface area (Å²) in [5.41, 5.74) is 3.91. The number of carbonyl (C=O) groups is 1. The molecule has 2 heterocycles. The number of hydrogen-bond acceptors (Lipinski definition) is 4. The van der Waals surface area contributed by atoms with Gasteiger partial charge in [0.15, 0.2) is 5.78 Å². The van der Waals surface area contributed by atoms with E-state index >= 15 is 0 Å². The summed E-state index contributed by atoms with van der Waals surface area (Å²) in [5.74, 6) is 1.61. The van der Waals surface area contributed by atoms with Crippen molar-refractivity contribution in [2.45, 2.75) is 52.2 Å². The first-order chi connectivity index (χ1) is 13.7. The summed E-state index contributed by atoms with van der Waals surface area (Å²) in [6.45, 7) is 8.04. The predicted octanol–water partition coefficient (Wildman–Crippen LogP) is 5.79. The smallest absolute Gasteiger partial charge is 0.170 e. The van der Waals surface area contributed by atoms with Crippen molar-refractivity contribution in [2.75, 3.05) is 0 Å². The molecule has 1 N–H and O–H groups in total. The van der Waals surface area contributed by atoms with E-state index in [1.165, 1.54) is 5.57 Å². The molecule has 0 aromatic heterocycles. The number of ether oxygens (including phenoxy) is 2. The standard InChI is InChI=1S/C25H26O4/c1-15(2)5-6-16-13-17(7-9-20(16)26)23-14-21(27)18-8-10-22-19(24(18)28-23)11-12-25(3,4)29-22/h5,7-13,23,26H,6,14H2,1-4H3/t23-/m0/s1. The number of carbonyl (C=O) groups excluding carboxylic acids is 1. The van der Waals surface area contributed by atoms with Crippen molar-refractivity contribution >= 4 is 11.9 Å². The number of allylic oxidation sites excluding steroid dienone is 2. The Morgan fingerprint density at radius 1 is 1.24 bits per heavy atom. The van der Waals surface area contributed by atoms with Crippen LogP contribution in [0.15, 0.2) is 48.1 Å². The first-order valence-corrected chi connectivity index (χ1v) is 9.94. The molecule has 2 aliphatic heterocycles. The average Bonchev–Trinajstić information content (AvgIpc) is 2.66. The third kappa shape index (κ3) is 3.80. The Morgan fingerprint density at radius 2 is 2.03 bits per heavy atom. The van der Waals surface area contributed by atoms with Crippen LogP contribution in [0.3, 0.4) is 0 Å². The van der Waals surface area contributed by atoms with Crippen LogP contribution < -0.4 is 9.47 Å². The summed E-state index contributed by atoms with van der Waals surface area (Å²) in [6, 6.07) is 9.08. The lowest BCUT2D eigenvalue weighted by molar-refractivity contribution is 0.0846. The minimum Gasteiger partial charge on any atom is -0.508 e. The molecule has 0 bridgehead atoms. The van der Waals surface area contributed by atoms with Gasteiger partial charge in [0, 0.05) is 0 Å². The van der Waals surface area contributed by atoms with Crippen LogP contribution in [0.5, 0.6) is 17.2 Å². The van der Waals surface area contributed by atoms with E-state index in [0.29, 0.717) is 17.7 Å². The molecule has 0 saturated heterocycles. The lowest BCUT2D eigenvalue weighted by Gasteiger charge is -2.32. The number of ketones is 1. The predicted molar refractivity (Wildman–Crippen MR) is 114 cm³/mol. The molecule has 0 unspecified atom stereocenters. The van der Waals surface area contributed by atoms with E-state index in [2.05, 4.69) is 6.08 Å². The van der Waals surface area contributed by atoms with Crippen LogP contribution >= 0.6 is 0 Å². The minimum atomic E-state index is -0.393. The highest BCUT2D eigenvalue weighted by Crippen LogP contribution is 2.44. The lowest BCUT2D eigenvalue weighted by atomic mass is 9.91. The van der Waals surface area contributed by atoms with Crippen molar-refractivity contribution in [2.24, 2.45) is 0 Å². The maximum absolute atomic E-state index is 12.8. The Balaban J connectivity index is 1.70. The third-order valence-electron chi connectivity index (χ3n) is 5.32. The zero-order valence-corrected chi connectivity index (χ0v) is 17.3. The van der Waals surface area contributed by atoms with Crippen molar-refractivity contribution in [3.05, 3.63) is 70.3 Å². The van der Waals surface area contributed by atoms with Crippen LogP contribution in [0.25, 0.3) is 6.08 Å². The zero-order chi connectivity index (χ0) is 20.8. The van der Waals surface area contributed by atoms with Crippen LogP contribution in [0.1, 0.15) is 67.3 Å². The van der Waals surface area contributed by atoms with Gasteiger partial charge in [0.2, 0.25) is 0 Å². The molecular formula is C25H26O4. The van der Waals surface area contributed by atoms with Crippen LogP contribution in [0.2, 0.25) is 0 Å². The fourth-order valence-corrected chi connectivity index (χ4v) is 3.71. The molecule has 0 amide bonds. The van der Waals surface area contributed by atoms with Crippen molar-refractivity contribution in [1.82, 2.24) is 0 Å². The zero-order valence-electron chi connectivity index (χ0n) is 17.3. The van der Waals surface area contributed by atoms with Crippen molar-refractivity contribution in [3.63, 3.8) is 0 Å². The van der Waals surface area contributed by atoms with Gasteiger partial charge in [0.25, 0.3) is 0 Å². The van der Waals surface area contributed by atoms with Gasteiger partial charge >= 0.3 is 0 Å². The van der Waals surface area contributed by atoms with E-state index in [1.54, 1.807) is 12.1 Å². The van der Waals surface area contributed by atoms with Gasteiger partial charge in [-0.15, -0.1) is 0 Å². The number of rotatable bonds is 3. The molecule has 4 nitrogen and oxygen atoms in total. The average molecular weight is 390 g/mol. The summed E-state index contributed by atoms with van der Waals surface area (Å²) in [7, 11) is 0. The molecule has 0 saturated carbocycles. The molecule has 29 heavy (non-hydrogen) atoms.